The van der Waals surface area contributed by atoms with Crippen molar-refractivity contribution in [2.75, 3.05) is 0 Å². The minimum Gasteiger partial charge on any atom is 0 e. The maximum atomic E-state index is 0. The molecule has 0 atom stereocenters. The predicted octanol–water partition coefficient (Wildman–Crippen LogP) is -0.383. The molecule has 0 amide bonds. The fraction of sp³-hybridized carbons (Fsp3) is 0. The fourth-order valence-electron chi connectivity index (χ4n) is 0. The molecule has 0 fully saturated rings. The Morgan fingerprint density at radius 3 is 1.00 bits per heavy atom. The van der Waals surface area contributed by atoms with Gasteiger partial charge < -0.3 is 0 Å². The largest absolute Gasteiger partial charge is 0 e. The maximum absolute atomic E-state index is 0. The molecular weight excluding hydrogens is 370 g/mol. The first-order valence-electron chi connectivity index (χ1n) is 0. The minimum atomic E-state index is 0. The molecule has 4 radical (unpaired) electrons. The van der Waals surface area contributed by atoms with E-state index in [1.807, 2.05) is 0 Å². The van der Waals surface area contributed by atoms with Crippen LogP contribution in [0.25, 0.3) is 0 Å². The van der Waals surface area contributed by atoms with E-state index in [1.54, 1.807) is 0 Å². The van der Waals surface area contributed by atoms with E-state index in [9.17, 15) is 0 Å². The molecule has 4 heavy (non-hydrogen) atoms. The van der Waals surface area contributed by atoms with Crippen LogP contribution in [-0.2, 0) is 17.1 Å². The molecule has 0 aliphatic carbocycles. The zero-order valence-corrected chi connectivity index (χ0v) is 8.22. The van der Waals surface area contributed by atoms with Gasteiger partial charge in [0.15, 0.2) is 0 Å². The van der Waals surface area contributed by atoms with Gasteiger partial charge in [-0.1, -0.05) is 0 Å². The quantitative estimate of drug-likeness (QED) is 0.511. The summed E-state index contributed by atoms with van der Waals surface area (Å²) in [5.41, 5.74) is 0. The third-order valence-electron chi connectivity index (χ3n) is 0. The van der Waals surface area contributed by atoms with Crippen molar-refractivity contribution in [1.29, 1.82) is 0 Å². The molecule has 0 bridgehead atoms. The van der Waals surface area contributed by atoms with Crippen LogP contribution in [-0.4, -0.2) is 8.41 Å². The van der Waals surface area contributed by atoms with E-state index in [-0.39, 0.29) is 105 Å². The second-order valence-corrected chi connectivity index (χ2v) is 0. The summed E-state index contributed by atoms with van der Waals surface area (Å²) in [6.45, 7) is 0. The topological polar surface area (TPSA) is 0 Å². The van der Waals surface area contributed by atoms with E-state index in [2.05, 4.69) is 0 Å². The van der Waals surface area contributed by atoms with E-state index in [4.69, 9.17) is 0 Å². The molecule has 0 rings (SSSR count). The van der Waals surface area contributed by atoms with E-state index >= 15 is 0 Å². The van der Waals surface area contributed by atoms with Crippen LogP contribution in [0.2, 0.25) is 0 Å². The first-order valence-corrected chi connectivity index (χ1v) is 0. The molecule has 0 heterocycles. The molecule has 0 unspecified atom stereocenters. The molecule has 0 aromatic heterocycles. The van der Waals surface area contributed by atoms with E-state index in [1.165, 1.54) is 0 Å². The average Bonchev–Trinajstić information content (AvgIpc) is 0. The second-order valence-electron chi connectivity index (χ2n) is 0. The smallest absolute Gasteiger partial charge is 0 e. The molecule has 0 aliphatic rings. The zero-order chi connectivity index (χ0) is 0. The van der Waals surface area contributed by atoms with Gasteiger partial charge >= 0.3 is 0 Å². The third kappa shape index (κ3) is 8.97. The van der Waals surface area contributed by atoms with Crippen molar-refractivity contribution in [2.24, 2.45) is 0 Å². The average molecular weight is 370 g/mol. The van der Waals surface area contributed by atoms with E-state index in [0.29, 0.717) is 0 Å². The van der Waals surface area contributed by atoms with Crippen LogP contribution >= 0.6 is 0 Å². The van der Waals surface area contributed by atoms with Crippen molar-refractivity contribution >= 4 is 8.41 Å². The molecule has 0 saturated carbocycles. The van der Waals surface area contributed by atoms with Crippen molar-refractivity contribution in [3.63, 3.8) is 0 Å². The summed E-state index contributed by atoms with van der Waals surface area (Å²) >= 11 is 0. The van der Waals surface area contributed by atoms with Crippen molar-refractivity contribution < 1.29 is 96.5 Å². The molecule has 4 heteroatoms. The van der Waals surface area contributed by atoms with Gasteiger partial charge in [-0.2, -0.15) is 0 Å². The van der Waals surface area contributed by atoms with Crippen LogP contribution in [0.1, 0.15) is 0 Å². The molecule has 0 nitrogen and oxygen atoms in total. The summed E-state index contributed by atoms with van der Waals surface area (Å²) < 4.78 is 0. The zero-order valence-electron chi connectivity index (χ0n) is 1.76. The molecule has 0 spiro atoms. The number of hydrogen-bond acceptors (Lipinski definition) is 0. The van der Waals surface area contributed by atoms with Crippen LogP contribution < -0.4 is 0 Å². The summed E-state index contributed by atoms with van der Waals surface area (Å²) in [7, 11) is 0. The van der Waals surface area contributed by atoms with E-state index < -0.39 is 0 Å². The molecule has 24 valence electrons. The van der Waals surface area contributed by atoms with E-state index in [0.717, 1.165) is 0 Å². The standard InChI is InChI=1S/B.Fe.Nd.Tb. The first-order chi connectivity index (χ1) is 0. The van der Waals surface area contributed by atoms with Gasteiger partial charge in [0, 0.05) is 105 Å². The summed E-state index contributed by atoms with van der Waals surface area (Å²) in [4.78, 5) is 0. The number of hydrogen-bond donors (Lipinski definition) is 0. The SMILES string of the molecule is [B].[Fe].[Nd].[Tb]. The Morgan fingerprint density at radius 2 is 1.00 bits per heavy atom. The van der Waals surface area contributed by atoms with Gasteiger partial charge in [0.05, 0.1) is 0 Å². The van der Waals surface area contributed by atoms with Gasteiger partial charge in [-0.05, 0) is 0 Å². The van der Waals surface area contributed by atoms with Crippen molar-refractivity contribution in [2.45, 2.75) is 0 Å². The second kappa shape index (κ2) is 16.3. The monoisotopic (exact) mass is 368 g/mol. The molecule has 0 aromatic rings. The van der Waals surface area contributed by atoms with Gasteiger partial charge in [-0.15, -0.1) is 0 Å². The van der Waals surface area contributed by atoms with Gasteiger partial charge in [0.1, 0.15) is 0 Å². The predicted molar refractivity (Wildman–Crippen MR) is 5.75 cm³/mol. The van der Waals surface area contributed by atoms with Gasteiger partial charge in [-0.3, -0.25) is 0 Å². The van der Waals surface area contributed by atoms with Gasteiger partial charge in [0.2, 0.25) is 0 Å². The Morgan fingerprint density at radius 1 is 1.00 bits per heavy atom. The van der Waals surface area contributed by atoms with Crippen molar-refractivity contribution in [3.8, 4) is 0 Å². The maximum Gasteiger partial charge on any atom is 0 e. The van der Waals surface area contributed by atoms with Crippen LogP contribution in [0.5, 0.6) is 0 Å². The van der Waals surface area contributed by atoms with Crippen LogP contribution in [0, 0.1) is 79.5 Å². The van der Waals surface area contributed by atoms with Crippen LogP contribution in [0.4, 0.5) is 0 Å². The molecule has 0 aliphatic heterocycles. The summed E-state index contributed by atoms with van der Waals surface area (Å²) in [5.74, 6) is 0. The Bertz CT molecular complexity index is 8.00. The first kappa shape index (κ1) is 26.9. The fourth-order valence-corrected chi connectivity index (χ4v) is 0. The van der Waals surface area contributed by atoms with Gasteiger partial charge in [-0.25, -0.2) is 0 Å². The molecule has 0 N–H and O–H groups in total. The Hall–Kier alpha value is 3.22. The third-order valence-corrected chi connectivity index (χ3v) is 0. The van der Waals surface area contributed by atoms with Crippen LogP contribution in [0.3, 0.4) is 0 Å². The van der Waals surface area contributed by atoms with Crippen molar-refractivity contribution in [1.82, 2.24) is 0 Å². The summed E-state index contributed by atoms with van der Waals surface area (Å²) in [5, 5.41) is 0. The van der Waals surface area contributed by atoms with Crippen LogP contribution in [0.15, 0.2) is 0 Å². The number of rotatable bonds is 0. The molecular formula is BFeNdTb. The normalized spacial score (nSPS) is 0. The van der Waals surface area contributed by atoms with Gasteiger partial charge in [0.25, 0.3) is 0 Å². The Kier molecular flexibility index (Phi) is 110. The minimum absolute atomic E-state index is 0. The van der Waals surface area contributed by atoms with Crippen molar-refractivity contribution in [3.05, 3.63) is 0 Å². The summed E-state index contributed by atoms with van der Waals surface area (Å²) in [6.07, 6.45) is 0. The molecule has 0 saturated heterocycles. The molecule has 0 aromatic carbocycles. The Labute approximate surface area is 102 Å². The summed E-state index contributed by atoms with van der Waals surface area (Å²) in [6, 6.07) is 0. The Balaban J connectivity index is 0.